The summed E-state index contributed by atoms with van der Waals surface area (Å²) in [6, 6.07) is 32.8. The standard InChI is InChI=1S/C29H14N8/c30-15-18-9-12-26-27(13-18)37-25-8-4-2-6-23(25)34-29(37)35(21-11-10-19(16-31)20(14-21)17-32)28-33-22-5-1-3-7-24(22)36(26)28/h1-14H. The summed E-state index contributed by atoms with van der Waals surface area (Å²) in [6.45, 7) is 0. The Balaban J connectivity index is 1.85. The predicted octanol–water partition coefficient (Wildman–Crippen LogP) is 5.41. The number of aromatic nitrogens is 5. The van der Waals surface area contributed by atoms with Gasteiger partial charge in [-0.3, -0.25) is 8.80 Å². The smallest absolute Gasteiger partial charge is 0.223 e. The van der Waals surface area contributed by atoms with Crippen molar-refractivity contribution in [2.75, 3.05) is 0 Å². The summed E-state index contributed by atoms with van der Waals surface area (Å²) >= 11 is 0. The normalized spacial score (nSPS) is 11.2. The molecule has 0 amide bonds. The molecule has 0 saturated heterocycles. The molecule has 4 aromatic carbocycles. The zero-order valence-electron chi connectivity index (χ0n) is 19.2. The molecule has 3 aromatic heterocycles. The largest absolute Gasteiger partial charge is 0.276 e. The summed E-state index contributed by atoms with van der Waals surface area (Å²) in [5, 5.41) is 29.0. The van der Waals surface area contributed by atoms with Crippen LogP contribution in [-0.2, 0) is 0 Å². The van der Waals surface area contributed by atoms with Crippen LogP contribution in [0.5, 0.6) is 0 Å². The number of para-hydroxylation sites is 4. The van der Waals surface area contributed by atoms with Crippen LogP contribution >= 0.6 is 0 Å². The highest BCUT2D eigenvalue weighted by molar-refractivity contribution is 5.93. The first-order valence-corrected chi connectivity index (χ1v) is 11.5. The van der Waals surface area contributed by atoms with E-state index in [1.807, 2.05) is 74.0 Å². The molecule has 0 aliphatic carbocycles. The van der Waals surface area contributed by atoms with Crippen molar-refractivity contribution < 1.29 is 0 Å². The molecule has 0 spiro atoms. The first-order chi connectivity index (χ1) is 18.2. The molecule has 7 aromatic rings. The van der Waals surface area contributed by atoms with Crippen LogP contribution in [0, 0.1) is 34.0 Å². The SMILES string of the molecule is N#Cc1ccc2c(c1)n1c3ccccc3nc1n(-c1ccc(C#N)c(C#N)c1)c1nc3ccccc3n21. The average molecular weight is 474 g/mol. The van der Waals surface area contributed by atoms with Crippen molar-refractivity contribution in [3.05, 3.63) is 102 Å². The molecule has 0 atom stereocenters. The van der Waals surface area contributed by atoms with E-state index in [1.165, 1.54) is 0 Å². The first kappa shape index (κ1) is 20.5. The Morgan fingerprint density at radius 1 is 0.541 bits per heavy atom. The number of nitriles is 3. The Morgan fingerprint density at radius 3 is 1.78 bits per heavy atom. The molecule has 8 heteroatoms. The lowest BCUT2D eigenvalue weighted by molar-refractivity contribution is 1.02. The van der Waals surface area contributed by atoms with E-state index in [1.54, 1.807) is 24.3 Å². The van der Waals surface area contributed by atoms with E-state index in [2.05, 4.69) is 18.2 Å². The van der Waals surface area contributed by atoms with E-state index in [-0.39, 0.29) is 5.56 Å². The fraction of sp³-hybridized carbons (Fsp3) is 0. The van der Waals surface area contributed by atoms with Gasteiger partial charge in [0.1, 0.15) is 12.1 Å². The Hall–Kier alpha value is -5.91. The summed E-state index contributed by atoms with van der Waals surface area (Å²) in [5.74, 6) is 1.13. The van der Waals surface area contributed by atoms with Crippen molar-refractivity contribution in [3.8, 4) is 23.9 Å². The second-order valence-electron chi connectivity index (χ2n) is 8.58. The van der Waals surface area contributed by atoms with Crippen molar-refractivity contribution in [2.24, 2.45) is 0 Å². The van der Waals surface area contributed by atoms with Crippen molar-refractivity contribution >= 4 is 44.7 Å². The maximum Gasteiger partial charge on any atom is 0.223 e. The summed E-state index contributed by atoms with van der Waals surface area (Å²) in [5.41, 5.74) is 6.65. The van der Waals surface area contributed by atoms with Crippen LogP contribution in [0.1, 0.15) is 16.7 Å². The van der Waals surface area contributed by atoms with Crippen LogP contribution in [0.4, 0.5) is 0 Å². The highest BCUT2D eigenvalue weighted by Crippen LogP contribution is 2.30. The zero-order valence-corrected chi connectivity index (χ0v) is 19.2. The minimum atomic E-state index is 0.263. The van der Waals surface area contributed by atoms with Gasteiger partial charge in [0.2, 0.25) is 11.6 Å². The summed E-state index contributed by atoms with van der Waals surface area (Å²) < 4.78 is 5.95. The van der Waals surface area contributed by atoms with Gasteiger partial charge in [-0.05, 0) is 60.7 Å². The molecule has 0 fully saturated rings. The molecule has 0 radical (unpaired) electrons. The van der Waals surface area contributed by atoms with Gasteiger partial charge in [0, 0.05) is 0 Å². The fourth-order valence-corrected chi connectivity index (χ4v) is 4.94. The predicted molar refractivity (Wildman–Crippen MR) is 139 cm³/mol. The Bertz CT molecular complexity index is 2240. The van der Waals surface area contributed by atoms with E-state index >= 15 is 0 Å². The second kappa shape index (κ2) is 7.55. The molecule has 0 saturated carbocycles. The monoisotopic (exact) mass is 474 g/mol. The lowest BCUT2D eigenvalue weighted by atomic mass is 10.1. The quantitative estimate of drug-likeness (QED) is 0.316. The van der Waals surface area contributed by atoms with Crippen molar-refractivity contribution in [2.45, 2.75) is 0 Å². The topological polar surface area (TPSA) is 111 Å². The number of nitrogens with zero attached hydrogens (tertiary/aromatic N) is 8. The Morgan fingerprint density at radius 2 is 1.16 bits per heavy atom. The lowest BCUT2D eigenvalue weighted by Crippen LogP contribution is -2.03. The minimum Gasteiger partial charge on any atom is -0.276 e. The number of hydrogen-bond acceptors (Lipinski definition) is 5. The number of benzene rings is 4. The molecule has 170 valence electrons. The van der Waals surface area contributed by atoms with Gasteiger partial charge in [0.25, 0.3) is 0 Å². The van der Waals surface area contributed by atoms with E-state index < -0.39 is 0 Å². The highest BCUT2D eigenvalue weighted by atomic mass is 15.3. The van der Waals surface area contributed by atoms with Gasteiger partial charge in [-0.2, -0.15) is 15.8 Å². The highest BCUT2D eigenvalue weighted by Gasteiger charge is 2.19. The van der Waals surface area contributed by atoms with Crippen LogP contribution in [0.25, 0.3) is 50.3 Å². The van der Waals surface area contributed by atoms with Gasteiger partial charge >= 0.3 is 0 Å². The number of rotatable bonds is 1. The second-order valence-corrected chi connectivity index (χ2v) is 8.58. The van der Waals surface area contributed by atoms with Crippen LogP contribution in [-0.4, -0.2) is 23.3 Å². The third-order valence-electron chi connectivity index (χ3n) is 6.57. The molecular formula is C29H14N8. The fourth-order valence-electron chi connectivity index (χ4n) is 4.94. The molecule has 0 aliphatic heterocycles. The summed E-state index contributed by atoms with van der Waals surface area (Å²) in [7, 11) is 0. The van der Waals surface area contributed by atoms with Crippen LogP contribution in [0.3, 0.4) is 0 Å². The third-order valence-corrected chi connectivity index (χ3v) is 6.57. The first-order valence-electron chi connectivity index (χ1n) is 11.5. The molecule has 0 unspecified atom stereocenters. The van der Waals surface area contributed by atoms with E-state index in [9.17, 15) is 15.8 Å². The Kier molecular flexibility index (Phi) is 4.17. The average Bonchev–Trinajstić information content (AvgIpc) is 3.48. The van der Waals surface area contributed by atoms with Crippen LogP contribution < -0.4 is 0 Å². The Labute approximate surface area is 209 Å². The van der Waals surface area contributed by atoms with Crippen molar-refractivity contribution in [1.82, 2.24) is 23.3 Å². The number of imidazole rings is 2. The van der Waals surface area contributed by atoms with Crippen molar-refractivity contribution in [3.63, 3.8) is 0 Å². The maximum atomic E-state index is 9.75. The van der Waals surface area contributed by atoms with E-state index in [4.69, 9.17) is 9.97 Å². The molecule has 37 heavy (non-hydrogen) atoms. The van der Waals surface area contributed by atoms with Gasteiger partial charge in [-0.1, -0.05) is 24.3 Å². The molecule has 0 N–H and O–H groups in total. The molecule has 0 aliphatic rings. The third kappa shape index (κ3) is 2.80. The zero-order chi connectivity index (χ0) is 25.1. The molecular weight excluding hydrogens is 460 g/mol. The summed E-state index contributed by atoms with van der Waals surface area (Å²) in [4.78, 5) is 10.00. The summed E-state index contributed by atoms with van der Waals surface area (Å²) in [6.07, 6.45) is 0. The van der Waals surface area contributed by atoms with Crippen molar-refractivity contribution in [1.29, 1.82) is 15.8 Å². The van der Waals surface area contributed by atoms with E-state index in [0.717, 1.165) is 33.1 Å². The van der Waals surface area contributed by atoms with Gasteiger partial charge in [-0.15, -0.1) is 0 Å². The number of hydrogen-bond donors (Lipinski definition) is 0. The molecule has 8 nitrogen and oxygen atoms in total. The van der Waals surface area contributed by atoms with Crippen LogP contribution in [0.15, 0.2) is 84.9 Å². The van der Waals surface area contributed by atoms with E-state index in [0.29, 0.717) is 28.4 Å². The van der Waals surface area contributed by atoms with Gasteiger partial charge < -0.3 is 0 Å². The van der Waals surface area contributed by atoms with Gasteiger partial charge in [0.15, 0.2) is 0 Å². The molecule has 7 rings (SSSR count). The lowest BCUT2D eigenvalue weighted by Gasteiger charge is -2.08. The van der Waals surface area contributed by atoms with Gasteiger partial charge in [-0.25, -0.2) is 14.5 Å². The van der Waals surface area contributed by atoms with Crippen LogP contribution in [0.2, 0.25) is 0 Å². The maximum absolute atomic E-state index is 9.75. The minimum absolute atomic E-state index is 0.263. The molecule has 0 bridgehead atoms. The molecule has 3 heterocycles. The number of fused-ring (bicyclic) bond motifs is 9. The van der Waals surface area contributed by atoms with Gasteiger partial charge in [0.05, 0.1) is 61.5 Å².